The minimum absolute atomic E-state index is 0.482. The Morgan fingerprint density at radius 2 is 1.12 bits per heavy atom. The molecule has 0 radical (unpaired) electrons. The van der Waals surface area contributed by atoms with Gasteiger partial charge in [-0.3, -0.25) is 0 Å². The second-order valence-electron chi connectivity index (χ2n) is 10.4. The van der Waals surface area contributed by atoms with E-state index in [9.17, 15) is 10.5 Å². The van der Waals surface area contributed by atoms with Crippen molar-refractivity contribution in [2.45, 2.75) is 79.1 Å². The van der Waals surface area contributed by atoms with Crippen LogP contribution in [0.15, 0.2) is 37.4 Å². The van der Waals surface area contributed by atoms with Crippen molar-refractivity contribution in [3.05, 3.63) is 70.8 Å². The number of rotatable bonds is 18. The summed E-state index contributed by atoms with van der Waals surface area (Å²) in [4.78, 5) is 0. The Kier molecular flexibility index (Phi) is 14.4. The zero-order valence-electron chi connectivity index (χ0n) is 25.0. The van der Waals surface area contributed by atoms with E-state index in [1.54, 1.807) is 18.2 Å². The van der Waals surface area contributed by atoms with Crippen LogP contribution in [0.3, 0.4) is 0 Å². The molecule has 0 aliphatic carbocycles. The van der Waals surface area contributed by atoms with Crippen LogP contribution in [-0.2, 0) is 0 Å². The number of ether oxygens (including phenoxy) is 2. The Balaban J connectivity index is 2.50. The topological polar surface area (TPSA) is 66.0 Å². The molecule has 2 rings (SSSR count). The number of hydrogen-bond donors (Lipinski definition) is 0. The largest absolute Gasteiger partial charge is 0.493 e. The molecule has 2 atom stereocenters. The Hall–Kier alpha value is -3.76. The maximum absolute atomic E-state index is 9.76. The van der Waals surface area contributed by atoms with Crippen molar-refractivity contribution in [2.24, 2.45) is 11.8 Å². The van der Waals surface area contributed by atoms with Gasteiger partial charge in [0.2, 0.25) is 0 Å². The highest BCUT2D eigenvalue weighted by atomic mass is 16.5. The molecule has 0 aliphatic rings. The minimum Gasteiger partial charge on any atom is -0.493 e. The molecule has 0 amide bonds. The van der Waals surface area contributed by atoms with Gasteiger partial charge in [0.05, 0.1) is 36.5 Å². The van der Waals surface area contributed by atoms with Crippen LogP contribution in [-0.4, -0.2) is 13.2 Å². The standard InChI is InChI=1S/C36H46N2O2/c1-7-13-15-27(9-3)25-39-35-22-32(18-17-31-20-33(23-37)29(11-5)19-34(31)24-38)36(21-30(35)12-6)40-26-28(10-4)16-14-8-2/h11-12,17-22,27-28H,5-10,13-16,25-26H2,1-4H3/b18-17+. The van der Waals surface area contributed by atoms with E-state index in [4.69, 9.17) is 9.47 Å². The molecule has 0 aromatic heterocycles. The van der Waals surface area contributed by atoms with Gasteiger partial charge >= 0.3 is 0 Å². The summed E-state index contributed by atoms with van der Waals surface area (Å²) in [5.74, 6) is 2.52. The van der Waals surface area contributed by atoms with Gasteiger partial charge in [0.15, 0.2) is 0 Å². The lowest BCUT2D eigenvalue weighted by atomic mass is 9.98. The summed E-state index contributed by atoms with van der Waals surface area (Å²) in [6.45, 7) is 18.0. The van der Waals surface area contributed by atoms with Crippen LogP contribution in [0, 0.1) is 34.5 Å². The molecule has 0 spiro atoms. The number of nitriles is 2. The van der Waals surface area contributed by atoms with Crippen molar-refractivity contribution in [3.63, 3.8) is 0 Å². The zero-order valence-corrected chi connectivity index (χ0v) is 25.0. The first-order valence-electron chi connectivity index (χ1n) is 14.8. The van der Waals surface area contributed by atoms with Crippen LogP contribution < -0.4 is 9.47 Å². The normalized spacial score (nSPS) is 12.3. The van der Waals surface area contributed by atoms with E-state index >= 15 is 0 Å². The summed E-state index contributed by atoms with van der Waals surface area (Å²) in [7, 11) is 0. The fourth-order valence-electron chi connectivity index (χ4n) is 4.66. The molecule has 40 heavy (non-hydrogen) atoms. The summed E-state index contributed by atoms with van der Waals surface area (Å²) >= 11 is 0. The lowest BCUT2D eigenvalue weighted by Gasteiger charge is -2.20. The highest BCUT2D eigenvalue weighted by Crippen LogP contribution is 2.33. The molecule has 0 bridgehead atoms. The van der Waals surface area contributed by atoms with Gasteiger partial charge in [-0.2, -0.15) is 10.5 Å². The average molecular weight is 539 g/mol. The van der Waals surface area contributed by atoms with Gasteiger partial charge in [0.25, 0.3) is 0 Å². The molecular weight excluding hydrogens is 492 g/mol. The van der Waals surface area contributed by atoms with Crippen LogP contribution >= 0.6 is 0 Å². The molecule has 0 saturated heterocycles. The maximum atomic E-state index is 9.76. The van der Waals surface area contributed by atoms with Crippen molar-refractivity contribution in [1.82, 2.24) is 0 Å². The Morgan fingerprint density at radius 1 is 0.675 bits per heavy atom. The predicted octanol–water partition coefficient (Wildman–Crippen LogP) is 10.1. The van der Waals surface area contributed by atoms with Gasteiger partial charge in [-0.25, -0.2) is 0 Å². The monoisotopic (exact) mass is 538 g/mol. The van der Waals surface area contributed by atoms with Crippen molar-refractivity contribution in [1.29, 1.82) is 10.5 Å². The Labute approximate surface area is 242 Å². The van der Waals surface area contributed by atoms with E-state index in [-0.39, 0.29) is 0 Å². The third kappa shape index (κ3) is 9.46. The smallest absolute Gasteiger partial charge is 0.127 e. The fourth-order valence-corrected chi connectivity index (χ4v) is 4.66. The van der Waals surface area contributed by atoms with E-state index in [0.717, 1.165) is 48.3 Å². The molecule has 0 N–H and O–H groups in total. The first-order chi connectivity index (χ1) is 19.5. The molecule has 4 heteroatoms. The van der Waals surface area contributed by atoms with Crippen molar-refractivity contribution in [2.75, 3.05) is 13.2 Å². The molecule has 0 saturated carbocycles. The molecule has 0 fully saturated rings. The zero-order chi connectivity index (χ0) is 29.3. The van der Waals surface area contributed by atoms with Crippen LogP contribution in [0.1, 0.15) is 112 Å². The summed E-state index contributed by atoms with van der Waals surface area (Å²) in [6, 6.07) is 11.9. The molecule has 2 unspecified atom stereocenters. The maximum Gasteiger partial charge on any atom is 0.127 e. The first kappa shape index (κ1) is 32.5. The first-order valence-corrected chi connectivity index (χ1v) is 14.8. The predicted molar refractivity (Wildman–Crippen MR) is 169 cm³/mol. The van der Waals surface area contributed by atoms with Gasteiger partial charge in [0, 0.05) is 11.1 Å². The van der Waals surface area contributed by atoms with Gasteiger partial charge in [-0.1, -0.05) is 104 Å². The highest BCUT2D eigenvalue weighted by Gasteiger charge is 2.15. The van der Waals surface area contributed by atoms with Gasteiger partial charge in [-0.05, 0) is 60.1 Å². The third-order valence-electron chi connectivity index (χ3n) is 7.52. The van der Waals surface area contributed by atoms with E-state index in [2.05, 4.69) is 53.0 Å². The molecule has 4 nitrogen and oxygen atoms in total. The lowest BCUT2D eigenvalue weighted by Crippen LogP contribution is -2.13. The Bertz CT molecular complexity index is 1230. The quantitative estimate of drug-likeness (QED) is 0.177. The van der Waals surface area contributed by atoms with Crippen molar-refractivity contribution in [3.8, 4) is 23.6 Å². The highest BCUT2D eigenvalue weighted by molar-refractivity contribution is 5.79. The van der Waals surface area contributed by atoms with E-state index in [1.165, 1.54) is 25.7 Å². The molecular formula is C36H46N2O2. The number of unbranched alkanes of at least 4 members (excludes halogenated alkanes) is 2. The number of nitrogens with zero attached hydrogens (tertiary/aromatic N) is 2. The summed E-state index contributed by atoms with van der Waals surface area (Å²) in [6.07, 6.45) is 16.4. The van der Waals surface area contributed by atoms with Crippen LogP contribution in [0.4, 0.5) is 0 Å². The van der Waals surface area contributed by atoms with Gasteiger partial charge < -0.3 is 9.47 Å². The van der Waals surface area contributed by atoms with Crippen LogP contribution in [0.2, 0.25) is 0 Å². The lowest BCUT2D eigenvalue weighted by molar-refractivity contribution is 0.227. The number of hydrogen-bond acceptors (Lipinski definition) is 4. The van der Waals surface area contributed by atoms with Crippen molar-refractivity contribution >= 4 is 24.3 Å². The molecule has 0 heterocycles. The van der Waals surface area contributed by atoms with Crippen LogP contribution in [0.25, 0.3) is 24.3 Å². The molecule has 0 aliphatic heterocycles. The SMILES string of the molecule is C=Cc1cc(C#N)c(/C=C/c2cc(OCC(CC)CCCC)c(C=C)cc2OCC(CC)CCCC)cc1C#N. The second kappa shape index (κ2) is 17.8. The Morgan fingerprint density at radius 3 is 1.60 bits per heavy atom. The number of benzene rings is 2. The van der Waals surface area contributed by atoms with Crippen molar-refractivity contribution < 1.29 is 9.47 Å². The van der Waals surface area contributed by atoms with Crippen LogP contribution in [0.5, 0.6) is 11.5 Å². The minimum atomic E-state index is 0.482. The summed E-state index contributed by atoms with van der Waals surface area (Å²) in [5.41, 5.74) is 4.06. The molecule has 212 valence electrons. The van der Waals surface area contributed by atoms with E-state index < -0.39 is 0 Å². The third-order valence-corrected chi connectivity index (χ3v) is 7.52. The fraction of sp³-hybridized carbons (Fsp3) is 0.444. The van der Waals surface area contributed by atoms with Gasteiger partial charge in [-0.15, -0.1) is 0 Å². The molecule has 2 aromatic carbocycles. The molecule has 2 aromatic rings. The van der Waals surface area contributed by atoms with E-state index in [0.29, 0.717) is 47.3 Å². The van der Waals surface area contributed by atoms with Gasteiger partial charge in [0.1, 0.15) is 11.5 Å². The summed E-state index contributed by atoms with van der Waals surface area (Å²) in [5, 5.41) is 19.4. The average Bonchev–Trinajstić information content (AvgIpc) is 2.99. The summed E-state index contributed by atoms with van der Waals surface area (Å²) < 4.78 is 12.8. The van der Waals surface area contributed by atoms with E-state index in [1.807, 2.05) is 30.4 Å². The second-order valence-corrected chi connectivity index (χ2v) is 10.4.